The van der Waals surface area contributed by atoms with Gasteiger partial charge in [0.25, 0.3) is 0 Å². The number of aromatic nitrogens is 1. The average Bonchev–Trinajstić information content (AvgIpc) is 2.74. The lowest BCUT2D eigenvalue weighted by atomic mass is 10.1. The van der Waals surface area contributed by atoms with Gasteiger partial charge in [0.15, 0.2) is 0 Å². The van der Waals surface area contributed by atoms with Crippen molar-refractivity contribution in [3.63, 3.8) is 0 Å². The van der Waals surface area contributed by atoms with Crippen LogP contribution in [0.4, 0.5) is 0 Å². The number of aryl methyl sites for hydroxylation is 1. The molecule has 2 aromatic rings. The molecule has 1 heterocycles. The van der Waals surface area contributed by atoms with Crippen LogP contribution in [0.2, 0.25) is 0 Å². The number of benzene rings is 1. The predicted octanol–water partition coefficient (Wildman–Crippen LogP) is 3.26. The molecule has 4 heteroatoms. The minimum atomic E-state index is -0.834. The summed E-state index contributed by atoms with van der Waals surface area (Å²) in [5.41, 5.74) is 0.336. The molecule has 0 fully saturated rings. The summed E-state index contributed by atoms with van der Waals surface area (Å²) in [6.07, 6.45) is 1.71. The topological polar surface area (TPSA) is 42.4 Å². The molecule has 0 atom stereocenters. The van der Waals surface area contributed by atoms with Crippen LogP contribution < -0.4 is 4.74 Å². The zero-order chi connectivity index (χ0) is 13.2. The molecule has 0 saturated carbocycles. The molecule has 0 bridgehead atoms. The lowest BCUT2D eigenvalue weighted by Crippen LogP contribution is -2.12. The van der Waals surface area contributed by atoms with Gasteiger partial charge in [-0.15, -0.1) is 11.3 Å². The minimum Gasteiger partial charge on any atom is -0.486 e. The Morgan fingerprint density at radius 2 is 2.17 bits per heavy atom. The highest BCUT2D eigenvalue weighted by Gasteiger charge is 2.19. The van der Waals surface area contributed by atoms with E-state index in [0.29, 0.717) is 6.61 Å². The number of hydrogen-bond donors (Lipinski definition) is 1. The van der Waals surface area contributed by atoms with Crippen LogP contribution >= 0.6 is 11.3 Å². The van der Waals surface area contributed by atoms with Gasteiger partial charge in [-0.3, -0.25) is 0 Å². The Morgan fingerprint density at radius 3 is 2.78 bits per heavy atom. The fourth-order valence-corrected chi connectivity index (χ4v) is 2.34. The molecule has 18 heavy (non-hydrogen) atoms. The van der Waals surface area contributed by atoms with Crippen molar-refractivity contribution >= 4 is 11.3 Å². The van der Waals surface area contributed by atoms with E-state index in [1.165, 1.54) is 16.9 Å². The van der Waals surface area contributed by atoms with Crippen molar-refractivity contribution in [3.8, 4) is 5.75 Å². The molecular weight excluding hydrogens is 246 g/mol. The Morgan fingerprint density at radius 1 is 1.39 bits per heavy atom. The Bertz CT molecular complexity index is 529. The molecule has 96 valence electrons. The van der Waals surface area contributed by atoms with Gasteiger partial charge >= 0.3 is 0 Å². The zero-order valence-corrected chi connectivity index (χ0v) is 11.6. The smallest absolute Gasteiger partial charge is 0.140 e. The quantitative estimate of drug-likeness (QED) is 0.920. The van der Waals surface area contributed by atoms with Crippen LogP contribution in [-0.2, 0) is 12.2 Å². The van der Waals surface area contributed by atoms with E-state index in [4.69, 9.17) is 4.74 Å². The lowest BCUT2D eigenvalue weighted by Gasteiger charge is -2.13. The van der Waals surface area contributed by atoms with Crippen LogP contribution in [0.5, 0.6) is 5.75 Å². The average molecular weight is 263 g/mol. The van der Waals surface area contributed by atoms with Crippen LogP contribution in [-0.4, -0.2) is 10.1 Å². The predicted molar refractivity (Wildman–Crippen MR) is 72.9 cm³/mol. The second kappa shape index (κ2) is 5.08. The number of hydrogen-bond acceptors (Lipinski definition) is 4. The monoisotopic (exact) mass is 263 g/mol. The fourth-order valence-electron chi connectivity index (χ4n) is 1.51. The molecule has 0 aliphatic heterocycles. The molecule has 3 nitrogen and oxygen atoms in total. The fraction of sp³-hybridized carbons (Fsp3) is 0.357. The van der Waals surface area contributed by atoms with Crippen LogP contribution in [0.15, 0.2) is 30.5 Å². The third-order valence-corrected chi connectivity index (χ3v) is 3.79. The van der Waals surface area contributed by atoms with E-state index in [2.05, 4.69) is 4.98 Å². The first-order chi connectivity index (χ1) is 8.45. The molecule has 0 saturated heterocycles. The van der Waals surface area contributed by atoms with Crippen molar-refractivity contribution in [1.29, 1.82) is 0 Å². The van der Waals surface area contributed by atoms with Crippen LogP contribution in [0.1, 0.15) is 29.3 Å². The van der Waals surface area contributed by atoms with Crippen molar-refractivity contribution in [2.45, 2.75) is 33.0 Å². The molecule has 1 aromatic carbocycles. The molecule has 0 radical (unpaired) electrons. The van der Waals surface area contributed by atoms with Gasteiger partial charge < -0.3 is 9.84 Å². The Hall–Kier alpha value is -1.39. The molecule has 0 aliphatic rings. The van der Waals surface area contributed by atoms with E-state index in [1.54, 1.807) is 20.0 Å². The van der Waals surface area contributed by atoms with Gasteiger partial charge in [0.05, 0.1) is 10.5 Å². The Kier molecular flexibility index (Phi) is 3.68. The molecule has 0 spiro atoms. The van der Waals surface area contributed by atoms with E-state index < -0.39 is 5.60 Å². The highest BCUT2D eigenvalue weighted by molar-refractivity contribution is 7.11. The van der Waals surface area contributed by atoms with Crippen LogP contribution in [0.3, 0.4) is 0 Å². The molecule has 0 aliphatic carbocycles. The third-order valence-electron chi connectivity index (χ3n) is 2.51. The van der Waals surface area contributed by atoms with E-state index >= 15 is 0 Å². The maximum atomic E-state index is 9.85. The molecular formula is C14H17NO2S. The SMILES string of the molecule is Cc1cccc(OCc2ncc(C(C)(C)O)s2)c1. The number of thiazole rings is 1. The summed E-state index contributed by atoms with van der Waals surface area (Å²) >= 11 is 1.48. The van der Waals surface area contributed by atoms with E-state index in [0.717, 1.165) is 15.6 Å². The summed E-state index contributed by atoms with van der Waals surface area (Å²) in [5, 5.41) is 10.7. The first kappa shape index (κ1) is 13.1. The highest BCUT2D eigenvalue weighted by Crippen LogP contribution is 2.26. The van der Waals surface area contributed by atoms with E-state index in [-0.39, 0.29) is 0 Å². The second-order valence-corrected chi connectivity index (χ2v) is 5.90. The Balaban J connectivity index is 2.01. The number of nitrogens with zero attached hydrogens (tertiary/aromatic N) is 1. The van der Waals surface area contributed by atoms with Crippen molar-refractivity contribution in [2.75, 3.05) is 0 Å². The van der Waals surface area contributed by atoms with Crippen LogP contribution in [0.25, 0.3) is 0 Å². The third kappa shape index (κ3) is 3.31. The summed E-state index contributed by atoms with van der Waals surface area (Å²) in [4.78, 5) is 5.11. The van der Waals surface area contributed by atoms with Crippen LogP contribution in [0, 0.1) is 6.92 Å². The van der Waals surface area contributed by atoms with E-state index in [9.17, 15) is 5.11 Å². The number of rotatable bonds is 4. The maximum Gasteiger partial charge on any atom is 0.140 e. The summed E-state index contributed by atoms with van der Waals surface area (Å²) in [6, 6.07) is 7.92. The van der Waals surface area contributed by atoms with E-state index in [1.807, 2.05) is 31.2 Å². The summed E-state index contributed by atoms with van der Waals surface area (Å²) < 4.78 is 5.67. The van der Waals surface area contributed by atoms with Gasteiger partial charge in [-0.1, -0.05) is 12.1 Å². The first-order valence-corrected chi connectivity index (χ1v) is 6.64. The zero-order valence-electron chi connectivity index (χ0n) is 10.8. The normalized spacial score (nSPS) is 11.6. The number of ether oxygens (including phenoxy) is 1. The first-order valence-electron chi connectivity index (χ1n) is 5.82. The second-order valence-electron chi connectivity index (χ2n) is 4.78. The molecule has 1 N–H and O–H groups in total. The van der Waals surface area contributed by atoms with Crippen molar-refractivity contribution in [2.24, 2.45) is 0 Å². The van der Waals surface area contributed by atoms with Gasteiger partial charge in [0, 0.05) is 6.20 Å². The molecule has 0 amide bonds. The van der Waals surface area contributed by atoms with Crippen molar-refractivity contribution in [3.05, 3.63) is 45.9 Å². The van der Waals surface area contributed by atoms with Gasteiger partial charge in [0.2, 0.25) is 0 Å². The lowest BCUT2D eigenvalue weighted by molar-refractivity contribution is 0.0823. The molecule has 2 rings (SSSR count). The standard InChI is InChI=1S/C14H17NO2S/c1-10-5-4-6-11(7-10)17-9-13-15-8-12(18-13)14(2,3)16/h4-8,16H,9H2,1-3H3. The maximum absolute atomic E-state index is 9.85. The summed E-state index contributed by atoms with van der Waals surface area (Å²) in [5.74, 6) is 0.843. The summed E-state index contributed by atoms with van der Waals surface area (Å²) in [7, 11) is 0. The van der Waals surface area contributed by atoms with Gasteiger partial charge in [-0.2, -0.15) is 0 Å². The number of aliphatic hydroxyl groups is 1. The largest absolute Gasteiger partial charge is 0.486 e. The summed E-state index contributed by atoms with van der Waals surface area (Å²) in [6.45, 7) is 5.98. The van der Waals surface area contributed by atoms with Gasteiger partial charge in [-0.05, 0) is 38.5 Å². The highest BCUT2D eigenvalue weighted by atomic mass is 32.1. The van der Waals surface area contributed by atoms with Crippen molar-refractivity contribution < 1.29 is 9.84 Å². The van der Waals surface area contributed by atoms with Gasteiger partial charge in [-0.25, -0.2) is 4.98 Å². The van der Waals surface area contributed by atoms with Crippen molar-refractivity contribution in [1.82, 2.24) is 4.98 Å². The molecule has 0 unspecified atom stereocenters. The van der Waals surface area contributed by atoms with Gasteiger partial charge in [0.1, 0.15) is 17.4 Å². The molecule has 1 aromatic heterocycles. The Labute approximate surface area is 111 Å². The minimum absolute atomic E-state index is 0.435.